The van der Waals surface area contributed by atoms with Crippen LogP contribution in [0.1, 0.15) is 23.6 Å². The van der Waals surface area contributed by atoms with E-state index in [0.29, 0.717) is 0 Å². The quantitative estimate of drug-likeness (QED) is 0.575. The Labute approximate surface area is 91.4 Å². The summed E-state index contributed by atoms with van der Waals surface area (Å²) >= 11 is 0. The number of nitrogens with zero attached hydrogens (tertiary/aromatic N) is 1. The van der Waals surface area contributed by atoms with Crippen LogP contribution in [0.4, 0.5) is 5.69 Å². The van der Waals surface area contributed by atoms with Gasteiger partial charge in [0.1, 0.15) is 0 Å². The molecular weight excluding hydrogens is 186 g/mol. The Bertz CT molecular complexity index is 359. The average molecular weight is 205 g/mol. The molecule has 0 aliphatic heterocycles. The van der Waals surface area contributed by atoms with Crippen molar-refractivity contribution in [3.05, 3.63) is 28.8 Å². The molecule has 0 aliphatic rings. The van der Waals surface area contributed by atoms with Crippen LogP contribution in [0.15, 0.2) is 12.1 Å². The first-order chi connectivity index (χ1) is 6.97. The van der Waals surface area contributed by atoms with Crippen LogP contribution < -0.4 is 10.6 Å². The second-order valence-corrected chi connectivity index (χ2v) is 3.88. The average Bonchev–Trinajstić information content (AvgIpc) is 2.09. The lowest BCUT2D eigenvalue weighted by atomic mass is 10.0. The standard InChI is InChI=1S/C12H19N3/c1-5-15(12(13)14)11-9(3)6-8(2)7-10(11)4/h6-7H,5H2,1-4H3,(H3,13,14). The van der Waals surface area contributed by atoms with Crippen LogP contribution in [0.2, 0.25) is 0 Å². The van der Waals surface area contributed by atoms with Crippen LogP contribution in [-0.2, 0) is 0 Å². The number of guanidine groups is 1. The van der Waals surface area contributed by atoms with Gasteiger partial charge in [0.2, 0.25) is 0 Å². The summed E-state index contributed by atoms with van der Waals surface area (Å²) in [4.78, 5) is 1.82. The molecular formula is C12H19N3. The Morgan fingerprint density at radius 3 is 2.07 bits per heavy atom. The number of nitrogens with one attached hydrogen (secondary N) is 1. The number of benzene rings is 1. The fourth-order valence-corrected chi connectivity index (χ4v) is 2.05. The van der Waals surface area contributed by atoms with Crippen LogP contribution in [0.5, 0.6) is 0 Å². The molecule has 0 aromatic heterocycles. The topological polar surface area (TPSA) is 53.1 Å². The fourth-order valence-electron chi connectivity index (χ4n) is 2.05. The molecule has 0 heterocycles. The van der Waals surface area contributed by atoms with Crippen molar-refractivity contribution in [2.45, 2.75) is 27.7 Å². The fraction of sp³-hybridized carbons (Fsp3) is 0.417. The summed E-state index contributed by atoms with van der Waals surface area (Å²) in [6, 6.07) is 4.24. The maximum atomic E-state index is 7.54. The molecule has 0 amide bonds. The second kappa shape index (κ2) is 4.34. The van der Waals surface area contributed by atoms with E-state index in [-0.39, 0.29) is 5.96 Å². The van der Waals surface area contributed by atoms with E-state index in [1.807, 2.05) is 11.8 Å². The molecule has 3 nitrogen and oxygen atoms in total. The minimum absolute atomic E-state index is 0.104. The van der Waals surface area contributed by atoms with Gasteiger partial charge in [-0.15, -0.1) is 0 Å². The maximum absolute atomic E-state index is 7.54. The molecule has 0 aliphatic carbocycles. The van der Waals surface area contributed by atoms with Gasteiger partial charge in [0.25, 0.3) is 0 Å². The van der Waals surface area contributed by atoms with Gasteiger partial charge in [0, 0.05) is 12.2 Å². The van der Waals surface area contributed by atoms with Crippen molar-refractivity contribution < 1.29 is 0 Å². The molecule has 0 radical (unpaired) electrons. The Morgan fingerprint density at radius 1 is 1.27 bits per heavy atom. The number of anilines is 1. The summed E-state index contributed by atoms with van der Waals surface area (Å²) in [6.07, 6.45) is 0. The highest BCUT2D eigenvalue weighted by molar-refractivity contribution is 5.94. The predicted octanol–water partition coefficient (Wildman–Crippen LogP) is 2.33. The van der Waals surface area contributed by atoms with Gasteiger partial charge in [-0.1, -0.05) is 17.7 Å². The Hall–Kier alpha value is -1.51. The zero-order valence-corrected chi connectivity index (χ0v) is 9.89. The number of hydrogen-bond donors (Lipinski definition) is 2. The highest BCUT2D eigenvalue weighted by Gasteiger charge is 2.12. The van der Waals surface area contributed by atoms with Crippen LogP contribution in [0, 0.1) is 26.2 Å². The summed E-state index contributed by atoms with van der Waals surface area (Å²) in [7, 11) is 0. The van der Waals surface area contributed by atoms with E-state index in [9.17, 15) is 0 Å². The van der Waals surface area contributed by atoms with Gasteiger partial charge in [-0.25, -0.2) is 0 Å². The lowest BCUT2D eigenvalue weighted by Crippen LogP contribution is -2.37. The molecule has 0 unspecified atom stereocenters. The smallest absolute Gasteiger partial charge is 0.192 e. The zero-order chi connectivity index (χ0) is 11.6. The molecule has 0 fully saturated rings. The molecule has 82 valence electrons. The van der Waals surface area contributed by atoms with E-state index >= 15 is 0 Å². The van der Waals surface area contributed by atoms with Crippen molar-refractivity contribution in [1.29, 1.82) is 5.41 Å². The molecule has 15 heavy (non-hydrogen) atoms. The number of rotatable bonds is 2. The van der Waals surface area contributed by atoms with Crippen LogP contribution in [-0.4, -0.2) is 12.5 Å². The predicted molar refractivity (Wildman–Crippen MR) is 65.6 cm³/mol. The van der Waals surface area contributed by atoms with E-state index in [1.54, 1.807) is 0 Å². The van der Waals surface area contributed by atoms with Crippen molar-refractivity contribution >= 4 is 11.6 Å². The zero-order valence-electron chi connectivity index (χ0n) is 9.89. The Kier molecular flexibility index (Phi) is 3.35. The van der Waals surface area contributed by atoms with E-state index in [2.05, 4.69) is 32.9 Å². The Balaban J connectivity index is 3.29. The highest BCUT2D eigenvalue weighted by Crippen LogP contribution is 2.25. The first-order valence-electron chi connectivity index (χ1n) is 5.16. The van der Waals surface area contributed by atoms with Gasteiger partial charge in [-0.2, -0.15) is 0 Å². The molecule has 3 N–H and O–H groups in total. The first kappa shape index (κ1) is 11.6. The normalized spacial score (nSPS) is 10.1. The van der Waals surface area contributed by atoms with E-state index < -0.39 is 0 Å². The van der Waals surface area contributed by atoms with Crippen LogP contribution in [0.25, 0.3) is 0 Å². The third kappa shape index (κ3) is 2.29. The van der Waals surface area contributed by atoms with E-state index in [0.717, 1.165) is 12.2 Å². The number of hydrogen-bond acceptors (Lipinski definition) is 1. The summed E-state index contributed by atoms with van der Waals surface area (Å²) in [5.74, 6) is 0.104. The van der Waals surface area contributed by atoms with Gasteiger partial charge in [-0.3, -0.25) is 5.41 Å². The summed E-state index contributed by atoms with van der Waals surface area (Å²) in [6.45, 7) is 8.91. The van der Waals surface area contributed by atoms with Crippen molar-refractivity contribution in [3.8, 4) is 0 Å². The van der Waals surface area contributed by atoms with Crippen molar-refractivity contribution in [2.75, 3.05) is 11.4 Å². The summed E-state index contributed by atoms with van der Waals surface area (Å²) in [5, 5.41) is 7.54. The molecule has 1 aromatic carbocycles. The largest absolute Gasteiger partial charge is 0.370 e. The highest BCUT2D eigenvalue weighted by atomic mass is 15.2. The summed E-state index contributed by atoms with van der Waals surface area (Å²) in [5.41, 5.74) is 10.2. The Morgan fingerprint density at radius 2 is 1.73 bits per heavy atom. The molecule has 0 atom stereocenters. The molecule has 0 saturated heterocycles. The molecule has 1 aromatic rings. The van der Waals surface area contributed by atoms with E-state index in [1.165, 1.54) is 16.7 Å². The third-order valence-electron chi connectivity index (χ3n) is 2.51. The summed E-state index contributed by atoms with van der Waals surface area (Å²) < 4.78 is 0. The van der Waals surface area contributed by atoms with Gasteiger partial charge in [-0.05, 0) is 38.8 Å². The second-order valence-electron chi connectivity index (χ2n) is 3.88. The van der Waals surface area contributed by atoms with Crippen molar-refractivity contribution in [3.63, 3.8) is 0 Å². The molecule has 3 heteroatoms. The van der Waals surface area contributed by atoms with Gasteiger partial charge < -0.3 is 10.6 Å². The molecule has 0 saturated carbocycles. The van der Waals surface area contributed by atoms with Gasteiger partial charge in [0.15, 0.2) is 5.96 Å². The van der Waals surface area contributed by atoms with Crippen molar-refractivity contribution in [2.24, 2.45) is 5.73 Å². The molecule has 0 bridgehead atoms. The molecule has 1 rings (SSSR count). The number of aryl methyl sites for hydroxylation is 3. The monoisotopic (exact) mass is 205 g/mol. The minimum Gasteiger partial charge on any atom is -0.370 e. The third-order valence-corrected chi connectivity index (χ3v) is 2.51. The van der Waals surface area contributed by atoms with Crippen LogP contribution >= 0.6 is 0 Å². The maximum Gasteiger partial charge on any atom is 0.192 e. The minimum atomic E-state index is 0.104. The van der Waals surface area contributed by atoms with Crippen molar-refractivity contribution in [1.82, 2.24) is 0 Å². The van der Waals surface area contributed by atoms with Gasteiger partial charge >= 0.3 is 0 Å². The number of nitrogens with two attached hydrogens (primary N) is 1. The molecule has 0 spiro atoms. The SMILES string of the molecule is CCN(C(=N)N)c1c(C)cc(C)cc1C. The van der Waals surface area contributed by atoms with Gasteiger partial charge in [0.05, 0.1) is 0 Å². The first-order valence-corrected chi connectivity index (χ1v) is 5.16. The lowest BCUT2D eigenvalue weighted by molar-refractivity contribution is 1.01. The van der Waals surface area contributed by atoms with E-state index in [4.69, 9.17) is 11.1 Å². The van der Waals surface area contributed by atoms with Crippen LogP contribution in [0.3, 0.4) is 0 Å². The lowest BCUT2D eigenvalue weighted by Gasteiger charge is -2.25.